The van der Waals surface area contributed by atoms with Gasteiger partial charge in [0.2, 0.25) is 5.91 Å². The van der Waals surface area contributed by atoms with E-state index in [1.165, 1.54) is 6.07 Å². The molecule has 20 heavy (non-hydrogen) atoms. The highest BCUT2D eigenvalue weighted by Gasteiger charge is 2.24. The van der Waals surface area contributed by atoms with Crippen LogP contribution >= 0.6 is 0 Å². The molecule has 108 valence electrons. The number of pyridine rings is 1. The number of nitrogens with zero attached hydrogens (tertiary/aromatic N) is 1. The fourth-order valence-electron chi connectivity index (χ4n) is 2.28. The number of nitrogens with one attached hydrogen (secondary N) is 2. The lowest BCUT2D eigenvalue weighted by Gasteiger charge is -2.22. The third-order valence-corrected chi connectivity index (χ3v) is 3.26. The number of aryl methyl sites for hydroxylation is 1. The molecule has 0 radical (unpaired) electrons. The quantitative estimate of drug-likeness (QED) is 0.751. The van der Waals surface area contributed by atoms with Gasteiger partial charge < -0.3 is 16.4 Å². The van der Waals surface area contributed by atoms with Crippen molar-refractivity contribution in [3.8, 4) is 0 Å². The van der Waals surface area contributed by atoms with Crippen molar-refractivity contribution in [2.75, 3.05) is 12.3 Å². The average Bonchev–Trinajstić information content (AvgIpc) is 2.41. The van der Waals surface area contributed by atoms with Crippen LogP contribution in [0.1, 0.15) is 42.2 Å². The Balaban J connectivity index is 2.10. The van der Waals surface area contributed by atoms with Crippen LogP contribution in [0.25, 0.3) is 0 Å². The topological polar surface area (TPSA) is 97.1 Å². The normalized spacial score (nSPS) is 18.4. The Morgan fingerprint density at radius 1 is 1.55 bits per heavy atom. The number of rotatable bonds is 4. The number of nitrogens with two attached hydrogens (primary N) is 1. The van der Waals surface area contributed by atoms with Crippen molar-refractivity contribution in [1.29, 1.82) is 0 Å². The molecule has 1 aromatic heterocycles. The molecule has 0 aliphatic carbocycles. The zero-order valence-electron chi connectivity index (χ0n) is 11.6. The fraction of sp³-hybridized carbons (Fsp3) is 0.500. The maximum Gasteiger partial charge on any atom is 0.252 e. The van der Waals surface area contributed by atoms with Gasteiger partial charge in [0.1, 0.15) is 11.9 Å². The minimum atomic E-state index is -0.458. The molecule has 2 heterocycles. The van der Waals surface area contributed by atoms with E-state index < -0.39 is 6.04 Å². The summed E-state index contributed by atoms with van der Waals surface area (Å²) < 4.78 is 0. The highest BCUT2D eigenvalue weighted by Crippen LogP contribution is 2.11. The van der Waals surface area contributed by atoms with Gasteiger partial charge in [-0.15, -0.1) is 0 Å². The van der Waals surface area contributed by atoms with Crippen molar-refractivity contribution in [1.82, 2.24) is 15.6 Å². The number of hydrogen-bond donors (Lipinski definition) is 3. The second-order valence-corrected chi connectivity index (χ2v) is 4.98. The van der Waals surface area contributed by atoms with Crippen LogP contribution in [-0.2, 0) is 11.2 Å². The molecule has 1 unspecified atom stereocenters. The monoisotopic (exact) mass is 276 g/mol. The van der Waals surface area contributed by atoms with E-state index in [1.54, 1.807) is 6.07 Å². The Kier molecular flexibility index (Phi) is 4.55. The summed E-state index contributed by atoms with van der Waals surface area (Å²) in [5, 5.41) is 5.49. The van der Waals surface area contributed by atoms with Gasteiger partial charge in [-0.2, -0.15) is 0 Å². The molecule has 4 N–H and O–H groups in total. The van der Waals surface area contributed by atoms with Crippen LogP contribution in [0, 0.1) is 0 Å². The Bertz CT molecular complexity index is 516. The van der Waals surface area contributed by atoms with Gasteiger partial charge in [-0.05, 0) is 31.4 Å². The number of hydrogen-bond acceptors (Lipinski definition) is 4. The lowest BCUT2D eigenvalue weighted by Crippen LogP contribution is -2.50. The van der Waals surface area contributed by atoms with E-state index in [4.69, 9.17) is 5.73 Å². The van der Waals surface area contributed by atoms with E-state index in [-0.39, 0.29) is 11.8 Å². The summed E-state index contributed by atoms with van der Waals surface area (Å²) in [4.78, 5) is 28.0. The van der Waals surface area contributed by atoms with Crippen molar-refractivity contribution < 1.29 is 9.59 Å². The van der Waals surface area contributed by atoms with Gasteiger partial charge in [0, 0.05) is 17.8 Å². The minimum absolute atomic E-state index is 0.125. The zero-order chi connectivity index (χ0) is 14.5. The molecule has 0 bridgehead atoms. The van der Waals surface area contributed by atoms with Gasteiger partial charge in [-0.3, -0.25) is 9.59 Å². The predicted molar refractivity (Wildman–Crippen MR) is 76.1 cm³/mol. The van der Waals surface area contributed by atoms with Crippen molar-refractivity contribution in [2.45, 2.75) is 38.6 Å². The molecule has 1 saturated heterocycles. The number of anilines is 1. The van der Waals surface area contributed by atoms with E-state index in [1.807, 2.05) is 6.92 Å². The molecule has 1 aliphatic rings. The Labute approximate surface area is 118 Å². The molecule has 2 amide bonds. The summed E-state index contributed by atoms with van der Waals surface area (Å²) in [7, 11) is 0. The number of nitrogen functional groups attached to an aromatic ring is 1. The molecule has 0 saturated carbocycles. The summed E-state index contributed by atoms with van der Waals surface area (Å²) in [6, 6.07) is 2.81. The van der Waals surface area contributed by atoms with Gasteiger partial charge in [-0.25, -0.2) is 4.98 Å². The maximum atomic E-state index is 12.2. The molecule has 6 heteroatoms. The Morgan fingerprint density at radius 2 is 2.35 bits per heavy atom. The molecule has 1 aromatic rings. The molecular weight excluding hydrogens is 256 g/mol. The molecule has 1 aliphatic heterocycles. The number of piperidine rings is 1. The Morgan fingerprint density at radius 3 is 3.05 bits per heavy atom. The molecular formula is C14H20N4O2. The number of carbonyl (C=O) groups excluding carboxylic acids is 2. The van der Waals surface area contributed by atoms with Gasteiger partial charge in [0.25, 0.3) is 5.91 Å². The first-order chi connectivity index (χ1) is 9.60. The molecule has 0 aromatic carbocycles. The second kappa shape index (κ2) is 6.36. The first-order valence-electron chi connectivity index (χ1n) is 6.95. The summed E-state index contributed by atoms with van der Waals surface area (Å²) >= 11 is 0. The van der Waals surface area contributed by atoms with E-state index in [9.17, 15) is 9.59 Å². The minimum Gasteiger partial charge on any atom is -0.384 e. The molecule has 2 rings (SSSR count). The zero-order valence-corrected chi connectivity index (χ0v) is 11.6. The van der Waals surface area contributed by atoms with E-state index in [2.05, 4.69) is 15.6 Å². The molecule has 6 nitrogen and oxygen atoms in total. The third kappa shape index (κ3) is 3.46. The molecule has 0 spiro atoms. The van der Waals surface area contributed by atoms with Gasteiger partial charge in [-0.1, -0.05) is 13.3 Å². The first kappa shape index (κ1) is 14.3. The van der Waals surface area contributed by atoms with E-state index >= 15 is 0 Å². The van der Waals surface area contributed by atoms with Crippen LogP contribution in [0.3, 0.4) is 0 Å². The van der Waals surface area contributed by atoms with Crippen LogP contribution in [0.15, 0.2) is 12.1 Å². The average molecular weight is 276 g/mol. The van der Waals surface area contributed by atoms with E-state index in [0.717, 1.165) is 25.0 Å². The van der Waals surface area contributed by atoms with E-state index in [0.29, 0.717) is 24.3 Å². The van der Waals surface area contributed by atoms with Crippen molar-refractivity contribution in [3.63, 3.8) is 0 Å². The van der Waals surface area contributed by atoms with Crippen LogP contribution in [0.5, 0.6) is 0 Å². The summed E-state index contributed by atoms with van der Waals surface area (Å²) in [6.45, 7) is 2.71. The second-order valence-electron chi connectivity index (χ2n) is 4.98. The number of aromatic nitrogens is 1. The Hall–Kier alpha value is -2.11. The number of carbonyl (C=O) groups is 2. The lowest BCUT2D eigenvalue weighted by atomic mass is 10.1. The first-order valence-corrected chi connectivity index (χ1v) is 6.95. The predicted octanol–water partition coefficient (Wildman–Crippen LogP) is 0.625. The van der Waals surface area contributed by atoms with Crippen molar-refractivity contribution in [3.05, 3.63) is 23.4 Å². The number of amides is 2. The van der Waals surface area contributed by atoms with Gasteiger partial charge in [0.15, 0.2) is 0 Å². The van der Waals surface area contributed by atoms with Gasteiger partial charge in [0.05, 0.1) is 0 Å². The summed E-state index contributed by atoms with van der Waals surface area (Å²) in [5.74, 6) is -0.0758. The summed E-state index contributed by atoms with van der Waals surface area (Å²) in [6.07, 6.45) is 3.24. The SMILES string of the molecule is CCCc1cc(C(=O)NC2CCCNC2=O)cc(N)n1. The van der Waals surface area contributed by atoms with Crippen LogP contribution in [0.2, 0.25) is 0 Å². The smallest absolute Gasteiger partial charge is 0.252 e. The largest absolute Gasteiger partial charge is 0.384 e. The third-order valence-electron chi connectivity index (χ3n) is 3.26. The van der Waals surface area contributed by atoms with Crippen LogP contribution < -0.4 is 16.4 Å². The molecule has 1 fully saturated rings. The fourth-order valence-corrected chi connectivity index (χ4v) is 2.28. The van der Waals surface area contributed by atoms with Crippen LogP contribution in [-0.4, -0.2) is 29.4 Å². The standard InChI is InChI=1S/C14H20N4O2/c1-2-4-10-7-9(8-12(15)17-10)13(19)18-11-5-3-6-16-14(11)20/h7-8,11H,2-6H2,1H3,(H2,15,17)(H,16,20)(H,18,19). The highest BCUT2D eigenvalue weighted by atomic mass is 16.2. The van der Waals surface area contributed by atoms with Crippen molar-refractivity contribution >= 4 is 17.6 Å². The van der Waals surface area contributed by atoms with Crippen molar-refractivity contribution in [2.24, 2.45) is 0 Å². The molecule has 1 atom stereocenters. The van der Waals surface area contributed by atoms with Crippen LogP contribution in [0.4, 0.5) is 5.82 Å². The lowest BCUT2D eigenvalue weighted by molar-refractivity contribution is -0.124. The maximum absolute atomic E-state index is 12.2. The van der Waals surface area contributed by atoms with Gasteiger partial charge >= 0.3 is 0 Å². The highest BCUT2D eigenvalue weighted by molar-refractivity contribution is 5.98. The summed E-state index contributed by atoms with van der Waals surface area (Å²) in [5.41, 5.74) is 6.97.